The lowest BCUT2D eigenvalue weighted by Gasteiger charge is -2.37. The number of nitrogens with zero attached hydrogens (tertiary/aromatic N) is 5. The van der Waals surface area contributed by atoms with Gasteiger partial charge in [0.25, 0.3) is 0 Å². The van der Waals surface area contributed by atoms with Crippen molar-refractivity contribution in [2.75, 3.05) is 59.4 Å². The summed E-state index contributed by atoms with van der Waals surface area (Å²) in [6, 6.07) is 2.58. The second-order valence-corrected chi connectivity index (χ2v) is 7.20. The first-order chi connectivity index (χ1) is 12.2. The maximum Gasteiger partial charge on any atom is 0.223 e. The molecule has 1 amide bonds. The quantitative estimate of drug-likeness (QED) is 0.670. The van der Waals surface area contributed by atoms with E-state index in [1.807, 2.05) is 28.0 Å². The molecular weight excluding hydrogens is 423 g/mol. The summed E-state index contributed by atoms with van der Waals surface area (Å²) in [5.74, 6) is 0.310. The monoisotopic (exact) mass is 456 g/mol. The Balaban J connectivity index is 0.00000243. The lowest BCUT2D eigenvalue weighted by Crippen LogP contribution is -2.48. The van der Waals surface area contributed by atoms with Crippen molar-refractivity contribution in [3.05, 3.63) is 18.5 Å². The van der Waals surface area contributed by atoms with Crippen LogP contribution in [0.15, 0.2) is 18.5 Å². The third-order valence-corrected chi connectivity index (χ3v) is 5.53. The van der Waals surface area contributed by atoms with E-state index in [4.69, 9.17) is 0 Å². The highest BCUT2D eigenvalue weighted by Gasteiger charge is 2.23. The van der Waals surface area contributed by atoms with E-state index in [0.29, 0.717) is 18.4 Å². The number of piperazine rings is 1. The first-order valence-corrected chi connectivity index (χ1v) is 9.61. The Labute approximate surface area is 187 Å². The van der Waals surface area contributed by atoms with Gasteiger partial charge >= 0.3 is 0 Å². The van der Waals surface area contributed by atoms with Gasteiger partial charge in [-0.3, -0.25) is 9.48 Å². The molecule has 7 nitrogen and oxygen atoms in total. The second kappa shape index (κ2) is 14.4. The van der Waals surface area contributed by atoms with Gasteiger partial charge in [0.2, 0.25) is 5.91 Å². The van der Waals surface area contributed by atoms with Gasteiger partial charge in [-0.1, -0.05) is 0 Å². The third-order valence-electron chi connectivity index (χ3n) is 5.53. The van der Waals surface area contributed by atoms with E-state index in [2.05, 4.69) is 27.3 Å². The van der Waals surface area contributed by atoms with Gasteiger partial charge in [-0.15, -0.1) is 37.2 Å². The molecule has 3 heterocycles. The van der Waals surface area contributed by atoms with Crippen molar-refractivity contribution in [1.82, 2.24) is 29.8 Å². The van der Waals surface area contributed by atoms with Gasteiger partial charge in [0, 0.05) is 64.1 Å². The number of likely N-dealkylation sites (tertiary alicyclic amines) is 1. The number of hydrogen-bond acceptors (Lipinski definition) is 5. The Hall–Kier alpha value is -0.570. The van der Waals surface area contributed by atoms with E-state index in [9.17, 15) is 4.79 Å². The van der Waals surface area contributed by atoms with Crippen LogP contribution in [-0.4, -0.2) is 95.8 Å². The largest absolute Gasteiger partial charge is 0.340 e. The van der Waals surface area contributed by atoms with Crippen LogP contribution in [0.1, 0.15) is 19.3 Å². The molecule has 2 saturated heterocycles. The van der Waals surface area contributed by atoms with Crippen LogP contribution >= 0.6 is 37.2 Å². The molecule has 0 bridgehead atoms. The maximum absolute atomic E-state index is 12.3. The van der Waals surface area contributed by atoms with Crippen LogP contribution in [0.3, 0.4) is 0 Å². The summed E-state index contributed by atoms with van der Waals surface area (Å²) in [4.78, 5) is 19.2. The van der Waals surface area contributed by atoms with E-state index in [1.165, 1.54) is 12.8 Å². The van der Waals surface area contributed by atoms with Crippen LogP contribution in [0.4, 0.5) is 0 Å². The standard InChI is InChI=1S/C18H32N6O.3ClH/c1-21(10-5-18(25)23-13-7-19-8-14-23)17-3-11-22(12-4-17)15-16-24-9-2-6-20-24;;;/h2,6,9,17,19H,3-5,7-8,10-16H2,1H3;3*1H. The molecule has 1 aromatic heterocycles. The van der Waals surface area contributed by atoms with Crippen molar-refractivity contribution in [1.29, 1.82) is 0 Å². The third kappa shape index (κ3) is 8.43. The zero-order chi connectivity index (χ0) is 17.5. The average Bonchev–Trinajstić information content (AvgIpc) is 3.19. The first kappa shape index (κ1) is 27.4. The average molecular weight is 458 g/mol. The Morgan fingerprint density at radius 3 is 2.39 bits per heavy atom. The molecule has 28 heavy (non-hydrogen) atoms. The number of amides is 1. The fourth-order valence-corrected chi connectivity index (χ4v) is 3.79. The Bertz CT molecular complexity index is 519. The summed E-state index contributed by atoms with van der Waals surface area (Å²) in [6.45, 7) is 8.77. The summed E-state index contributed by atoms with van der Waals surface area (Å²) >= 11 is 0. The number of aromatic nitrogens is 2. The molecule has 0 aliphatic carbocycles. The molecule has 2 aliphatic heterocycles. The van der Waals surface area contributed by atoms with E-state index in [-0.39, 0.29) is 37.2 Å². The molecule has 0 atom stereocenters. The van der Waals surface area contributed by atoms with Gasteiger partial charge in [-0.25, -0.2) is 0 Å². The number of hydrogen-bond donors (Lipinski definition) is 1. The van der Waals surface area contributed by atoms with Crippen LogP contribution in [0.5, 0.6) is 0 Å². The number of nitrogens with one attached hydrogen (secondary N) is 1. The highest BCUT2D eigenvalue weighted by molar-refractivity contribution is 5.86. The van der Waals surface area contributed by atoms with Crippen molar-refractivity contribution in [2.45, 2.75) is 31.8 Å². The molecule has 2 aliphatic rings. The van der Waals surface area contributed by atoms with Crippen molar-refractivity contribution in [2.24, 2.45) is 0 Å². The zero-order valence-electron chi connectivity index (χ0n) is 16.7. The molecule has 0 aromatic carbocycles. The summed E-state index contributed by atoms with van der Waals surface area (Å²) < 4.78 is 2.00. The van der Waals surface area contributed by atoms with E-state index in [1.54, 1.807) is 0 Å². The minimum atomic E-state index is 0. The van der Waals surface area contributed by atoms with E-state index >= 15 is 0 Å². The normalized spacial score (nSPS) is 18.1. The van der Waals surface area contributed by atoms with Crippen molar-refractivity contribution < 1.29 is 4.79 Å². The highest BCUT2D eigenvalue weighted by Crippen LogP contribution is 2.16. The Kier molecular flexibility index (Phi) is 14.1. The SMILES string of the molecule is CN(CCC(=O)N1CCNCC1)C1CCN(CCn2cccn2)CC1.Cl.Cl.Cl. The summed E-state index contributed by atoms with van der Waals surface area (Å²) in [6.07, 6.45) is 6.89. The lowest BCUT2D eigenvalue weighted by atomic mass is 10.0. The van der Waals surface area contributed by atoms with Gasteiger partial charge < -0.3 is 20.0 Å². The van der Waals surface area contributed by atoms with Gasteiger partial charge in [0.1, 0.15) is 0 Å². The zero-order valence-corrected chi connectivity index (χ0v) is 19.1. The topological polar surface area (TPSA) is 56.6 Å². The molecular formula is C18H35Cl3N6O. The van der Waals surface area contributed by atoms with Crippen molar-refractivity contribution in [3.63, 3.8) is 0 Å². The molecule has 0 radical (unpaired) electrons. The summed E-state index contributed by atoms with van der Waals surface area (Å²) in [5.41, 5.74) is 0. The van der Waals surface area contributed by atoms with Gasteiger partial charge in [0.05, 0.1) is 6.54 Å². The first-order valence-electron chi connectivity index (χ1n) is 9.61. The fourth-order valence-electron chi connectivity index (χ4n) is 3.79. The molecule has 164 valence electrons. The Morgan fingerprint density at radius 2 is 1.79 bits per heavy atom. The van der Waals surface area contributed by atoms with Crippen LogP contribution < -0.4 is 5.32 Å². The molecule has 0 spiro atoms. The number of carbonyl (C=O) groups is 1. The molecule has 0 saturated carbocycles. The minimum Gasteiger partial charge on any atom is -0.340 e. The molecule has 1 N–H and O–H groups in total. The van der Waals surface area contributed by atoms with E-state index < -0.39 is 0 Å². The predicted octanol–water partition coefficient (Wildman–Crippen LogP) is 1.37. The molecule has 2 fully saturated rings. The van der Waals surface area contributed by atoms with Crippen LogP contribution in [0, 0.1) is 0 Å². The number of rotatable bonds is 7. The maximum atomic E-state index is 12.3. The van der Waals surface area contributed by atoms with Crippen molar-refractivity contribution in [3.8, 4) is 0 Å². The van der Waals surface area contributed by atoms with Crippen LogP contribution in [0.25, 0.3) is 0 Å². The predicted molar refractivity (Wildman–Crippen MR) is 120 cm³/mol. The smallest absolute Gasteiger partial charge is 0.223 e. The second-order valence-electron chi connectivity index (χ2n) is 7.20. The summed E-state index contributed by atoms with van der Waals surface area (Å²) in [7, 11) is 2.18. The number of carbonyl (C=O) groups excluding carboxylic acids is 1. The number of piperidine rings is 1. The summed E-state index contributed by atoms with van der Waals surface area (Å²) in [5, 5.41) is 7.56. The molecule has 1 aromatic rings. The van der Waals surface area contributed by atoms with Crippen LogP contribution in [0.2, 0.25) is 0 Å². The minimum absolute atomic E-state index is 0. The van der Waals surface area contributed by atoms with Crippen LogP contribution in [-0.2, 0) is 11.3 Å². The molecule has 10 heteroatoms. The highest BCUT2D eigenvalue weighted by atomic mass is 35.5. The van der Waals surface area contributed by atoms with Gasteiger partial charge in [-0.2, -0.15) is 5.10 Å². The lowest BCUT2D eigenvalue weighted by molar-refractivity contribution is -0.132. The Morgan fingerprint density at radius 1 is 1.11 bits per heavy atom. The van der Waals surface area contributed by atoms with Gasteiger partial charge in [-0.05, 0) is 39.0 Å². The van der Waals surface area contributed by atoms with Crippen molar-refractivity contribution >= 4 is 43.1 Å². The molecule has 0 unspecified atom stereocenters. The fraction of sp³-hybridized carbons (Fsp3) is 0.778. The number of halogens is 3. The van der Waals surface area contributed by atoms with E-state index in [0.717, 1.165) is 58.9 Å². The van der Waals surface area contributed by atoms with Gasteiger partial charge in [0.15, 0.2) is 0 Å². The molecule has 3 rings (SSSR count).